The van der Waals surface area contributed by atoms with Crippen molar-refractivity contribution in [3.05, 3.63) is 58.3 Å². The first-order valence-corrected chi connectivity index (χ1v) is 5.69. The van der Waals surface area contributed by atoms with Crippen molar-refractivity contribution in [2.75, 3.05) is 12.4 Å². The summed E-state index contributed by atoms with van der Waals surface area (Å²) in [5.74, 6) is 1.19. The number of rotatable bonds is 5. The number of non-ortho nitro benzene ring substituents is 1. The summed E-state index contributed by atoms with van der Waals surface area (Å²) in [4.78, 5) is 14.4. The third kappa shape index (κ3) is 3.19. The van der Waals surface area contributed by atoms with Gasteiger partial charge in [-0.15, -0.1) is 0 Å². The molecule has 1 N–H and O–H groups in total. The second-order valence-electron chi connectivity index (χ2n) is 3.80. The van der Waals surface area contributed by atoms with Crippen LogP contribution in [0.4, 0.5) is 11.5 Å². The molecule has 0 unspecified atom stereocenters. The minimum Gasteiger partial charge on any atom is -0.489 e. The number of ether oxygens (including phenoxy) is 1. The summed E-state index contributed by atoms with van der Waals surface area (Å²) >= 11 is 0. The van der Waals surface area contributed by atoms with E-state index in [1.165, 1.54) is 12.1 Å². The Hall–Kier alpha value is -2.63. The molecule has 0 fully saturated rings. The van der Waals surface area contributed by atoms with E-state index in [1.807, 2.05) is 12.1 Å². The molecule has 98 valence electrons. The molecule has 6 nitrogen and oxygen atoms in total. The molecule has 0 atom stereocenters. The first-order chi connectivity index (χ1) is 9.20. The third-order valence-electron chi connectivity index (χ3n) is 2.55. The summed E-state index contributed by atoms with van der Waals surface area (Å²) in [7, 11) is 1.78. The SMILES string of the molecule is CNc1ncccc1COc1cccc([N+](=O)[O-])c1. The van der Waals surface area contributed by atoms with Crippen molar-refractivity contribution in [1.82, 2.24) is 4.98 Å². The van der Waals surface area contributed by atoms with Crippen molar-refractivity contribution in [1.29, 1.82) is 0 Å². The van der Waals surface area contributed by atoms with Gasteiger partial charge in [-0.2, -0.15) is 0 Å². The molecule has 2 aromatic rings. The van der Waals surface area contributed by atoms with Crippen LogP contribution in [0.1, 0.15) is 5.56 Å². The second-order valence-corrected chi connectivity index (χ2v) is 3.80. The number of nitrogens with zero attached hydrogens (tertiary/aromatic N) is 2. The molecule has 6 heteroatoms. The van der Waals surface area contributed by atoms with E-state index in [-0.39, 0.29) is 5.69 Å². The van der Waals surface area contributed by atoms with Crippen molar-refractivity contribution in [3.63, 3.8) is 0 Å². The van der Waals surface area contributed by atoms with Gasteiger partial charge in [0.05, 0.1) is 11.0 Å². The van der Waals surface area contributed by atoms with Crippen molar-refractivity contribution >= 4 is 11.5 Å². The van der Waals surface area contributed by atoms with Crippen LogP contribution < -0.4 is 10.1 Å². The highest BCUT2D eigenvalue weighted by Gasteiger charge is 2.07. The zero-order chi connectivity index (χ0) is 13.7. The molecule has 0 aliphatic carbocycles. The Labute approximate surface area is 110 Å². The summed E-state index contributed by atoms with van der Waals surface area (Å²) < 4.78 is 5.54. The van der Waals surface area contributed by atoms with Gasteiger partial charge >= 0.3 is 0 Å². The van der Waals surface area contributed by atoms with Crippen LogP contribution >= 0.6 is 0 Å². The van der Waals surface area contributed by atoms with Crippen LogP contribution in [0.25, 0.3) is 0 Å². The van der Waals surface area contributed by atoms with Crippen molar-refractivity contribution in [2.24, 2.45) is 0 Å². The number of benzene rings is 1. The van der Waals surface area contributed by atoms with Gasteiger partial charge in [-0.05, 0) is 12.1 Å². The Morgan fingerprint density at radius 1 is 1.37 bits per heavy atom. The molecule has 0 saturated heterocycles. The van der Waals surface area contributed by atoms with Crippen molar-refractivity contribution < 1.29 is 9.66 Å². The zero-order valence-electron chi connectivity index (χ0n) is 10.4. The number of nitro benzene ring substituents is 1. The topological polar surface area (TPSA) is 77.3 Å². The predicted octanol–water partition coefficient (Wildman–Crippen LogP) is 2.61. The van der Waals surface area contributed by atoms with Gasteiger partial charge in [0.15, 0.2) is 0 Å². The number of aromatic nitrogens is 1. The Morgan fingerprint density at radius 2 is 2.21 bits per heavy atom. The predicted molar refractivity (Wildman–Crippen MR) is 71.2 cm³/mol. The van der Waals surface area contributed by atoms with Gasteiger partial charge in [-0.3, -0.25) is 10.1 Å². The maximum atomic E-state index is 10.7. The molecule has 1 aromatic carbocycles. The molecule has 0 aliphatic rings. The number of pyridine rings is 1. The second kappa shape index (κ2) is 5.81. The van der Waals surface area contributed by atoms with E-state index in [4.69, 9.17) is 4.74 Å². The van der Waals surface area contributed by atoms with Gasteiger partial charge in [0.25, 0.3) is 5.69 Å². The average molecular weight is 259 g/mol. The van der Waals surface area contributed by atoms with E-state index in [0.717, 1.165) is 11.4 Å². The van der Waals surface area contributed by atoms with Crippen LogP contribution in [0.5, 0.6) is 5.75 Å². The summed E-state index contributed by atoms with van der Waals surface area (Å²) in [5, 5.41) is 13.6. The molecule has 0 amide bonds. The van der Waals surface area contributed by atoms with Crippen LogP contribution in [0.15, 0.2) is 42.6 Å². The van der Waals surface area contributed by atoms with Gasteiger partial charge in [0, 0.05) is 24.9 Å². The zero-order valence-corrected chi connectivity index (χ0v) is 10.4. The number of nitro groups is 1. The van der Waals surface area contributed by atoms with E-state index < -0.39 is 4.92 Å². The molecular weight excluding hydrogens is 246 g/mol. The Bertz CT molecular complexity index is 587. The molecule has 0 saturated carbocycles. The molecule has 0 aliphatic heterocycles. The summed E-state index contributed by atoms with van der Waals surface area (Å²) in [6.07, 6.45) is 1.68. The fourth-order valence-corrected chi connectivity index (χ4v) is 1.63. The standard InChI is InChI=1S/C13H13N3O3/c1-14-13-10(4-3-7-15-13)9-19-12-6-2-5-11(8-12)16(17)18/h2-8H,9H2,1H3,(H,14,15). The highest BCUT2D eigenvalue weighted by Crippen LogP contribution is 2.21. The highest BCUT2D eigenvalue weighted by atomic mass is 16.6. The molecule has 2 rings (SSSR count). The van der Waals surface area contributed by atoms with Crippen LogP contribution in [-0.2, 0) is 6.61 Å². The Balaban J connectivity index is 2.10. The lowest BCUT2D eigenvalue weighted by Crippen LogP contribution is -2.02. The normalized spacial score (nSPS) is 9.95. The van der Waals surface area contributed by atoms with Crippen LogP contribution in [-0.4, -0.2) is 17.0 Å². The first-order valence-electron chi connectivity index (χ1n) is 5.69. The molecule has 1 aromatic heterocycles. The lowest BCUT2D eigenvalue weighted by molar-refractivity contribution is -0.384. The van der Waals surface area contributed by atoms with Crippen molar-refractivity contribution in [3.8, 4) is 5.75 Å². The number of nitrogens with one attached hydrogen (secondary N) is 1. The fraction of sp³-hybridized carbons (Fsp3) is 0.154. The van der Waals surface area contributed by atoms with E-state index in [2.05, 4.69) is 10.3 Å². The third-order valence-corrected chi connectivity index (χ3v) is 2.55. The molecule has 19 heavy (non-hydrogen) atoms. The molecule has 0 spiro atoms. The van der Waals surface area contributed by atoms with E-state index in [0.29, 0.717) is 12.4 Å². The van der Waals surface area contributed by atoms with Gasteiger partial charge in [-0.1, -0.05) is 12.1 Å². The maximum Gasteiger partial charge on any atom is 0.273 e. The molecule has 1 heterocycles. The van der Waals surface area contributed by atoms with Gasteiger partial charge in [0.2, 0.25) is 0 Å². The van der Waals surface area contributed by atoms with Crippen LogP contribution in [0.2, 0.25) is 0 Å². The molecule has 0 bridgehead atoms. The lowest BCUT2D eigenvalue weighted by Gasteiger charge is -2.09. The summed E-state index contributed by atoms with van der Waals surface area (Å²) in [6, 6.07) is 9.80. The first kappa shape index (κ1) is 12.8. The minimum absolute atomic E-state index is 0.0116. The van der Waals surface area contributed by atoms with Crippen LogP contribution in [0, 0.1) is 10.1 Å². The van der Waals surface area contributed by atoms with E-state index >= 15 is 0 Å². The van der Waals surface area contributed by atoms with Gasteiger partial charge in [-0.25, -0.2) is 4.98 Å². The Morgan fingerprint density at radius 3 is 2.95 bits per heavy atom. The monoisotopic (exact) mass is 259 g/mol. The van der Waals surface area contributed by atoms with E-state index in [1.54, 1.807) is 25.4 Å². The number of hydrogen-bond acceptors (Lipinski definition) is 5. The van der Waals surface area contributed by atoms with Gasteiger partial charge in [0.1, 0.15) is 18.2 Å². The molecule has 0 radical (unpaired) electrons. The Kier molecular flexibility index (Phi) is 3.92. The fourth-order valence-electron chi connectivity index (χ4n) is 1.63. The minimum atomic E-state index is -0.448. The largest absolute Gasteiger partial charge is 0.489 e. The van der Waals surface area contributed by atoms with Crippen molar-refractivity contribution in [2.45, 2.75) is 6.61 Å². The smallest absolute Gasteiger partial charge is 0.273 e. The summed E-state index contributed by atoms with van der Waals surface area (Å²) in [6.45, 7) is 0.297. The summed E-state index contributed by atoms with van der Waals surface area (Å²) in [5.41, 5.74) is 0.897. The quantitative estimate of drug-likeness (QED) is 0.659. The average Bonchev–Trinajstić information content (AvgIpc) is 2.45. The highest BCUT2D eigenvalue weighted by molar-refractivity contribution is 5.43. The van der Waals surface area contributed by atoms with Gasteiger partial charge < -0.3 is 10.1 Å². The number of hydrogen-bond donors (Lipinski definition) is 1. The lowest BCUT2D eigenvalue weighted by atomic mass is 10.2. The van der Waals surface area contributed by atoms with E-state index in [9.17, 15) is 10.1 Å². The maximum absolute atomic E-state index is 10.7. The number of anilines is 1. The molecular formula is C13H13N3O3. The van der Waals surface area contributed by atoms with Crippen LogP contribution in [0.3, 0.4) is 0 Å².